The molecule has 0 aliphatic rings. The van der Waals surface area contributed by atoms with Crippen molar-refractivity contribution in [1.29, 1.82) is 0 Å². The highest BCUT2D eigenvalue weighted by Gasteiger charge is 2.14. The zero-order valence-corrected chi connectivity index (χ0v) is 13.0. The zero-order chi connectivity index (χ0) is 14.9. The molecular weight excluding hydrogens is 270 g/mol. The number of carbonyl (C=O) groups is 1. The van der Waals surface area contributed by atoms with Crippen LogP contribution in [0.3, 0.4) is 0 Å². The topological polar surface area (TPSA) is 68.0 Å². The third-order valence-electron chi connectivity index (χ3n) is 3.06. The summed E-state index contributed by atoms with van der Waals surface area (Å²) in [6, 6.07) is 3.96. The van der Waals surface area contributed by atoms with Gasteiger partial charge in [-0.15, -0.1) is 11.3 Å². The molecule has 0 saturated heterocycles. The Morgan fingerprint density at radius 2 is 1.90 bits per heavy atom. The Labute approximate surface area is 123 Å². The van der Waals surface area contributed by atoms with Crippen LogP contribution < -0.4 is 11.1 Å². The van der Waals surface area contributed by atoms with Crippen LogP contribution in [0.1, 0.15) is 45.2 Å². The highest BCUT2D eigenvalue weighted by Crippen LogP contribution is 2.23. The van der Waals surface area contributed by atoms with Crippen LogP contribution in [0.4, 0.5) is 5.69 Å². The molecule has 1 aromatic carbocycles. The highest BCUT2D eigenvalue weighted by atomic mass is 32.1. The van der Waals surface area contributed by atoms with E-state index in [4.69, 9.17) is 5.73 Å². The molecule has 0 fully saturated rings. The second-order valence-electron chi connectivity index (χ2n) is 5.09. The van der Waals surface area contributed by atoms with Crippen molar-refractivity contribution < 1.29 is 4.79 Å². The van der Waals surface area contributed by atoms with E-state index in [2.05, 4.69) is 22.4 Å². The Morgan fingerprint density at radius 3 is 2.40 bits per heavy atom. The molecule has 3 N–H and O–H groups in total. The van der Waals surface area contributed by atoms with Crippen LogP contribution in [0, 0.1) is 20.8 Å². The van der Waals surface area contributed by atoms with Crippen LogP contribution in [0.25, 0.3) is 0 Å². The fourth-order valence-corrected chi connectivity index (χ4v) is 2.91. The van der Waals surface area contributed by atoms with E-state index in [1.165, 1.54) is 16.9 Å². The Bertz CT molecular complexity index is 623. The molecule has 4 nitrogen and oxygen atoms in total. The summed E-state index contributed by atoms with van der Waals surface area (Å²) in [5.74, 6) is -0.191. The van der Waals surface area contributed by atoms with Gasteiger partial charge in [-0.3, -0.25) is 4.79 Å². The summed E-state index contributed by atoms with van der Waals surface area (Å²) in [5.41, 5.74) is 10.3. The maximum atomic E-state index is 12.2. The zero-order valence-electron chi connectivity index (χ0n) is 12.2. The van der Waals surface area contributed by atoms with Crippen molar-refractivity contribution in [2.45, 2.75) is 33.7 Å². The quantitative estimate of drug-likeness (QED) is 0.910. The highest BCUT2D eigenvalue weighted by molar-refractivity contribution is 7.09. The van der Waals surface area contributed by atoms with Crippen molar-refractivity contribution in [3.8, 4) is 0 Å². The van der Waals surface area contributed by atoms with E-state index >= 15 is 0 Å². The molecule has 0 aliphatic heterocycles. The predicted molar refractivity (Wildman–Crippen MR) is 83.3 cm³/mol. The van der Waals surface area contributed by atoms with Gasteiger partial charge in [0.1, 0.15) is 10.7 Å². The van der Waals surface area contributed by atoms with Gasteiger partial charge < -0.3 is 11.1 Å². The number of aromatic nitrogens is 1. The number of thiazole rings is 1. The number of aryl methyl sites for hydroxylation is 3. The van der Waals surface area contributed by atoms with Crippen LogP contribution in [0.2, 0.25) is 0 Å². The number of anilines is 1. The van der Waals surface area contributed by atoms with Gasteiger partial charge in [-0.05, 0) is 38.8 Å². The lowest BCUT2D eigenvalue weighted by Gasteiger charge is -2.12. The van der Waals surface area contributed by atoms with Crippen LogP contribution in [0.5, 0.6) is 0 Å². The van der Waals surface area contributed by atoms with E-state index in [1.54, 1.807) is 5.38 Å². The first-order valence-corrected chi connectivity index (χ1v) is 7.36. The molecule has 0 radical (unpaired) electrons. The maximum Gasteiger partial charge on any atom is 0.275 e. The number of nitrogens with one attached hydrogen (secondary N) is 1. The van der Waals surface area contributed by atoms with E-state index in [0.717, 1.165) is 21.8 Å². The van der Waals surface area contributed by atoms with Gasteiger partial charge in [0.25, 0.3) is 5.91 Å². The van der Waals surface area contributed by atoms with Crippen LogP contribution in [-0.2, 0) is 0 Å². The molecule has 106 valence electrons. The van der Waals surface area contributed by atoms with E-state index < -0.39 is 0 Å². The molecule has 5 heteroatoms. The number of carbonyl (C=O) groups excluding carboxylic acids is 1. The predicted octanol–water partition coefficient (Wildman–Crippen LogP) is 3.34. The fraction of sp³-hybridized carbons (Fsp3) is 0.333. The molecule has 2 rings (SSSR count). The fourth-order valence-electron chi connectivity index (χ4n) is 2.16. The van der Waals surface area contributed by atoms with Gasteiger partial charge in [0.05, 0.1) is 6.04 Å². The van der Waals surface area contributed by atoms with Crippen molar-refractivity contribution in [1.82, 2.24) is 4.98 Å². The Hall–Kier alpha value is -1.72. The third-order valence-corrected chi connectivity index (χ3v) is 4.11. The standard InChI is InChI=1S/C15H19N3OS/c1-8-5-9(2)13(10(3)6-8)18-14(19)12-7-20-15(17-12)11(4)16/h5-7,11H,16H2,1-4H3,(H,18,19). The lowest BCUT2D eigenvalue weighted by molar-refractivity contribution is 0.102. The molecule has 20 heavy (non-hydrogen) atoms. The number of hydrogen-bond donors (Lipinski definition) is 2. The van der Waals surface area contributed by atoms with Gasteiger partial charge in [-0.25, -0.2) is 4.98 Å². The molecule has 2 aromatic rings. The normalized spacial score (nSPS) is 12.2. The first-order chi connectivity index (χ1) is 9.38. The average Bonchev–Trinajstić information content (AvgIpc) is 2.83. The summed E-state index contributed by atoms with van der Waals surface area (Å²) in [5, 5.41) is 5.45. The maximum absolute atomic E-state index is 12.2. The summed E-state index contributed by atoms with van der Waals surface area (Å²) >= 11 is 1.41. The number of amides is 1. The molecule has 1 aromatic heterocycles. The molecular formula is C15H19N3OS. The monoisotopic (exact) mass is 289 g/mol. The van der Waals surface area contributed by atoms with Crippen LogP contribution in [0.15, 0.2) is 17.5 Å². The van der Waals surface area contributed by atoms with Gasteiger partial charge in [-0.2, -0.15) is 0 Å². The minimum absolute atomic E-state index is 0.149. The van der Waals surface area contributed by atoms with E-state index in [0.29, 0.717) is 5.69 Å². The van der Waals surface area contributed by atoms with Gasteiger partial charge in [-0.1, -0.05) is 17.7 Å². The second kappa shape index (κ2) is 5.73. The minimum atomic E-state index is -0.191. The second-order valence-corrected chi connectivity index (χ2v) is 5.98. The molecule has 1 atom stereocenters. The molecule has 1 unspecified atom stereocenters. The van der Waals surface area contributed by atoms with Gasteiger partial charge in [0.2, 0.25) is 0 Å². The summed E-state index contributed by atoms with van der Waals surface area (Å²) in [6.45, 7) is 7.88. The van der Waals surface area contributed by atoms with Crippen molar-refractivity contribution in [3.05, 3.63) is 44.9 Å². The number of rotatable bonds is 3. The van der Waals surface area contributed by atoms with Gasteiger partial charge in [0, 0.05) is 11.1 Å². The molecule has 1 amide bonds. The van der Waals surface area contributed by atoms with Crippen molar-refractivity contribution >= 4 is 22.9 Å². The number of benzene rings is 1. The van der Waals surface area contributed by atoms with Crippen LogP contribution >= 0.6 is 11.3 Å². The van der Waals surface area contributed by atoms with E-state index in [-0.39, 0.29) is 11.9 Å². The number of nitrogens with two attached hydrogens (primary N) is 1. The van der Waals surface area contributed by atoms with Gasteiger partial charge in [0.15, 0.2) is 0 Å². The van der Waals surface area contributed by atoms with Crippen molar-refractivity contribution in [2.75, 3.05) is 5.32 Å². The Kier molecular flexibility index (Phi) is 4.20. The van der Waals surface area contributed by atoms with Crippen molar-refractivity contribution in [3.63, 3.8) is 0 Å². The summed E-state index contributed by atoms with van der Waals surface area (Å²) < 4.78 is 0. The molecule has 0 spiro atoms. The lowest BCUT2D eigenvalue weighted by atomic mass is 10.1. The first kappa shape index (κ1) is 14.7. The number of nitrogens with zero attached hydrogens (tertiary/aromatic N) is 1. The van der Waals surface area contributed by atoms with Crippen molar-refractivity contribution in [2.24, 2.45) is 5.73 Å². The number of hydrogen-bond acceptors (Lipinski definition) is 4. The SMILES string of the molecule is Cc1cc(C)c(NC(=O)c2csc(C(C)N)n2)c(C)c1. The molecule has 0 saturated carbocycles. The lowest BCUT2D eigenvalue weighted by Crippen LogP contribution is -2.15. The van der Waals surface area contributed by atoms with Crippen LogP contribution in [-0.4, -0.2) is 10.9 Å². The molecule has 1 heterocycles. The minimum Gasteiger partial charge on any atom is -0.322 e. The third kappa shape index (κ3) is 3.05. The van der Waals surface area contributed by atoms with E-state index in [1.807, 2.05) is 27.7 Å². The first-order valence-electron chi connectivity index (χ1n) is 6.48. The summed E-state index contributed by atoms with van der Waals surface area (Å²) in [7, 11) is 0. The van der Waals surface area contributed by atoms with E-state index in [9.17, 15) is 4.79 Å². The molecule has 0 bridgehead atoms. The average molecular weight is 289 g/mol. The Morgan fingerprint density at radius 1 is 1.30 bits per heavy atom. The largest absolute Gasteiger partial charge is 0.322 e. The molecule has 0 aliphatic carbocycles. The summed E-state index contributed by atoms with van der Waals surface area (Å²) in [4.78, 5) is 16.5. The smallest absolute Gasteiger partial charge is 0.275 e. The Balaban J connectivity index is 2.23. The van der Waals surface area contributed by atoms with Gasteiger partial charge >= 0.3 is 0 Å². The summed E-state index contributed by atoms with van der Waals surface area (Å²) in [6.07, 6.45) is 0.